The van der Waals surface area contributed by atoms with Gasteiger partial charge in [0.2, 0.25) is 0 Å². The van der Waals surface area contributed by atoms with E-state index in [-0.39, 0.29) is 11.8 Å². The minimum atomic E-state index is -0.369. The first-order valence-corrected chi connectivity index (χ1v) is 9.69. The normalized spacial score (nSPS) is 14.5. The fourth-order valence-electron chi connectivity index (χ4n) is 3.59. The summed E-state index contributed by atoms with van der Waals surface area (Å²) in [5.74, 6) is 0.390. The summed E-state index contributed by atoms with van der Waals surface area (Å²) in [5, 5.41) is 14.5. The maximum atomic E-state index is 12.1. The van der Waals surface area contributed by atoms with E-state index in [1.165, 1.54) is 20.0 Å². The molecule has 0 aromatic heterocycles. The van der Waals surface area contributed by atoms with Crippen molar-refractivity contribution in [2.75, 3.05) is 32.1 Å². The van der Waals surface area contributed by atoms with E-state index in [4.69, 9.17) is 15.9 Å². The molecule has 0 radical (unpaired) electrons. The summed E-state index contributed by atoms with van der Waals surface area (Å²) in [6.07, 6.45) is 3.54. The number of hydrogen-bond acceptors (Lipinski definition) is 5. The van der Waals surface area contributed by atoms with E-state index in [1.807, 2.05) is 36.4 Å². The Morgan fingerprint density at radius 1 is 1.18 bits per heavy atom. The standard InChI is InChI=1S/C22H28N4O2/c1-28-22(27)19-12-18(16-3-2-4-17(11-16)21(23)24)13-20(14-19)26-10-7-15-5-8-25-9-6-15/h2-4,11-15,25-26H,5-10H2,1H3,(H3,23,24). The molecule has 0 saturated carbocycles. The second-order valence-electron chi connectivity index (χ2n) is 7.19. The third-order valence-corrected chi connectivity index (χ3v) is 5.20. The zero-order valence-corrected chi connectivity index (χ0v) is 16.3. The van der Waals surface area contributed by atoms with Gasteiger partial charge in [-0.25, -0.2) is 4.79 Å². The van der Waals surface area contributed by atoms with Crippen LogP contribution in [0.25, 0.3) is 11.1 Å². The topological polar surface area (TPSA) is 100 Å². The van der Waals surface area contributed by atoms with Crippen molar-refractivity contribution in [3.63, 3.8) is 0 Å². The van der Waals surface area contributed by atoms with Crippen LogP contribution in [0.4, 0.5) is 5.69 Å². The van der Waals surface area contributed by atoms with Gasteiger partial charge in [0.1, 0.15) is 5.84 Å². The number of hydrogen-bond donors (Lipinski definition) is 4. The van der Waals surface area contributed by atoms with Gasteiger partial charge in [-0.2, -0.15) is 0 Å². The molecule has 1 fully saturated rings. The van der Waals surface area contributed by atoms with Gasteiger partial charge < -0.3 is 21.1 Å². The molecule has 0 unspecified atom stereocenters. The maximum Gasteiger partial charge on any atom is 0.337 e. The summed E-state index contributed by atoms with van der Waals surface area (Å²) >= 11 is 0. The Morgan fingerprint density at radius 2 is 1.93 bits per heavy atom. The molecule has 0 spiro atoms. The van der Waals surface area contributed by atoms with Crippen molar-refractivity contribution in [3.8, 4) is 11.1 Å². The van der Waals surface area contributed by atoms with Crippen LogP contribution in [0.1, 0.15) is 35.2 Å². The van der Waals surface area contributed by atoms with Gasteiger partial charge in [0, 0.05) is 17.8 Å². The molecule has 6 heteroatoms. The average molecular weight is 380 g/mol. The SMILES string of the molecule is COC(=O)c1cc(NCCC2CCNCC2)cc(-c2cccc(C(=N)N)c2)c1. The highest BCUT2D eigenvalue weighted by Gasteiger charge is 2.14. The second kappa shape index (κ2) is 9.37. The molecule has 3 rings (SSSR count). The summed E-state index contributed by atoms with van der Waals surface area (Å²) in [6.45, 7) is 3.06. The molecule has 5 N–H and O–H groups in total. The molecule has 0 amide bonds. The van der Waals surface area contributed by atoms with E-state index in [1.54, 1.807) is 6.07 Å². The smallest absolute Gasteiger partial charge is 0.337 e. The Labute approximate surface area is 166 Å². The molecular formula is C22H28N4O2. The number of amidine groups is 1. The van der Waals surface area contributed by atoms with Crippen molar-refractivity contribution in [1.82, 2.24) is 5.32 Å². The number of nitrogens with two attached hydrogens (primary N) is 1. The van der Waals surface area contributed by atoms with Crippen LogP contribution in [0.2, 0.25) is 0 Å². The van der Waals surface area contributed by atoms with Gasteiger partial charge in [-0.15, -0.1) is 0 Å². The number of nitrogen functional groups attached to an aromatic ring is 1. The molecule has 0 aliphatic carbocycles. The first-order chi connectivity index (χ1) is 13.6. The summed E-state index contributed by atoms with van der Waals surface area (Å²) < 4.78 is 4.92. The summed E-state index contributed by atoms with van der Waals surface area (Å²) in [4.78, 5) is 12.1. The van der Waals surface area contributed by atoms with Crippen LogP contribution >= 0.6 is 0 Å². The molecule has 148 valence electrons. The van der Waals surface area contributed by atoms with Gasteiger partial charge in [0.25, 0.3) is 0 Å². The highest BCUT2D eigenvalue weighted by Crippen LogP contribution is 2.27. The minimum absolute atomic E-state index is 0.0197. The zero-order chi connectivity index (χ0) is 19.9. The largest absolute Gasteiger partial charge is 0.465 e. The molecule has 1 heterocycles. The van der Waals surface area contributed by atoms with Gasteiger partial charge in [-0.05, 0) is 73.7 Å². The third-order valence-electron chi connectivity index (χ3n) is 5.20. The van der Waals surface area contributed by atoms with Crippen LogP contribution in [0.3, 0.4) is 0 Å². The van der Waals surface area contributed by atoms with E-state index >= 15 is 0 Å². The molecule has 2 aromatic rings. The second-order valence-corrected chi connectivity index (χ2v) is 7.19. The fraction of sp³-hybridized carbons (Fsp3) is 0.364. The predicted molar refractivity (Wildman–Crippen MR) is 113 cm³/mol. The van der Waals surface area contributed by atoms with Gasteiger partial charge in [0.15, 0.2) is 0 Å². The van der Waals surface area contributed by atoms with E-state index in [9.17, 15) is 4.79 Å². The number of anilines is 1. The number of piperidine rings is 1. The number of rotatable bonds is 7. The number of carbonyl (C=O) groups excluding carboxylic acids is 1. The third kappa shape index (κ3) is 5.10. The lowest BCUT2D eigenvalue weighted by atomic mass is 9.94. The molecular weight excluding hydrogens is 352 g/mol. The summed E-state index contributed by atoms with van der Waals surface area (Å²) in [5.41, 5.74) is 9.45. The molecule has 6 nitrogen and oxygen atoms in total. The molecule has 1 saturated heterocycles. The molecule has 1 aliphatic rings. The summed E-state index contributed by atoms with van der Waals surface area (Å²) in [7, 11) is 1.38. The van der Waals surface area contributed by atoms with Crippen LogP contribution in [0.15, 0.2) is 42.5 Å². The minimum Gasteiger partial charge on any atom is -0.465 e. The van der Waals surface area contributed by atoms with Crippen molar-refractivity contribution in [3.05, 3.63) is 53.6 Å². The monoisotopic (exact) mass is 380 g/mol. The van der Waals surface area contributed by atoms with Crippen LogP contribution in [-0.2, 0) is 4.74 Å². The van der Waals surface area contributed by atoms with Gasteiger partial charge in [-0.3, -0.25) is 5.41 Å². The van der Waals surface area contributed by atoms with Gasteiger partial charge in [0.05, 0.1) is 12.7 Å². The predicted octanol–water partition coefficient (Wildman–Crippen LogP) is 3.23. The van der Waals surface area contributed by atoms with E-state index in [0.717, 1.165) is 48.8 Å². The molecule has 1 aliphatic heterocycles. The average Bonchev–Trinajstić information content (AvgIpc) is 2.73. The lowest BCUT2D eigenvalue weighted by Crippen LogP contribution is -2.28. The van der Waals surface area contributed by atoms with E-state index < -0.39 is 0 Å². The number of ether oxygens (including phenoxy) is 1. The van der Waals surface area contributed by atoms with Gasteiger partial charge >= 0.3 is 5.97 Å². The van der Waals surface area contributed by atoms with Crippen LogP contribution in [0, 0.1) is 11.3 Å². The lowest BCUT2D eigenvalue weighted by Gasteiger charge is -2.22. The van der Waals surface area contributed by atoms with Crippen molar-refractivity contribution >= 4 is 17.5 Å². The van der Waals surface area contributed by atoms with Crippen molar-refractivity contribution < 1.29 is 9.53 Å². The van der Waals surface area contributed by atoms with Crippen molar-refractivity contribution in [2.45, 2.75) is 19.3 Å². The van der Waals surface area contributed by atoms with Crippen LogP contribution in [-0.4, -0.2) is 38.5 Å². The molecule has 28 heavy (non-hydrogen) atoms. The highest BCUT2D eigenvalue weighted by atomic mass is 16.5. The molecule has 2 aromatic carbocycles. The van der Waals surface area contributed by atoms with E-state index in [0.29, 0.717) is 11.1 Å². The number of nitrogens with one attached hydrogen (secondary N) is 3. The number of benzene rings is 2. The summed E-state index contributed by atoms with van der Waals surface area (Å²) in [6, 6.07) is 13.1. The quantitative estimate of drug-likeness (QED) is 0.336. The maximum absolute atomic E-state index is 12.1. The number of methoxy groups -OCH3 is 1. The molecule has 0 bridgehead atoms. The Bertz CT molecular complexity index is 844. The van der Waals surface area contributed by atoms with Crippen molar-refractivity contribution in [1.29, 1.82) is 5.41 Å². The van der Waals surface area contributed by atoms with Crippen molar-refractivity contribution in [2.24, 2.45) is 11.7 Å². The van der Waals surface area contributed by atoms with E-state index in [2.05, 4.69) is 10.6 Å². The van der Waals surface area contributed by atoms with Crippen LogP contribution in [0.5, 0.6) is 0 Å². The highest BCUT2D eigenvalue weighted by molar-refractivity contribution is 5.97. The van der Waals surface area contributed by atoms with Gasteiger partial charge in [-0.1, -0.05) is 18.2 Å². The first-order valence-electron chi connectivity index (χ1n) is 9.69. The Hall–Kier alpha value is -2.86. The Kier molecular flexibility index (Phi) is 6.66. The fourth-order valence-corrected chi connectivity index (χ4v) is 3.59. The first kappa shape index (κ1) is 19.9. The number of carbonyl (C=O) groups is 1. The number of esters is 1. The van der Waals surface area contributed by atoms with Crippen LogP contribution < -0.4 is 16.4 Å². The lowest BCUT2D eigenvalue weighted by molar-refractivity contribution is 0.0601. The Morgan fingerprint density at radius 3 is 2.64 bits per heavy atom. The zero-order valence-electron chi connectivity index (χ0n) is 16.3. The molecule has 0 atom stereocenters. The Balaban J connectivity index is 1.81.